The summed E-state index contributed by atoms with van der Waals surface area (Å²) in [6.07, 6.45) is 0. The molecular formula is C14H9Br2N3O. The largest absolute Gasteiger partial charge is 0.398 e. The summed E-state index contributed by atoms with van der Waals surface area (Å²) in [5.74, 6) is 0.918. The van der Waals surface area contributed by atoms with Gasteiger partial charge in [-0.3, -0.25) is 0 Å². The number of hydrogen-bond acceptors (Lipinski definition) is 4. The van der Waals surface area contributed by atoms with Crippen LogP contribution in [0.25, 0.3) is 22.8 Å². The zero-order valence-corrected chi connectivity index (χ0v) is 13.3. The lowest BCUT2D eigenvalue weighted by Crippen LogP contribution is -1.90. The highest BCUT2D eigenvalue weighted by Gasteiger charge is 2.14. The minimum absolute atomic E-state index is 0.441. The van der Waals surface area contributed by atoms with Crippen LogP contribution in [0.2, 0.25) is 0 Å². The third-order valence-corrected chi connectivity index (χ3v) is 3.97. The lowest BCUT2D eigenvalue weighted by atomic mass is 10.2. The molecule has 1 aromatic heterocycles. The second-order valence-electron chi connectivity index (χ2n) is 4.13. The molecule has 1 heterocycles. The first kappa shape index (κ1) is 13.3. The lowest BCUT2D eigenvalue weighted by molar-refractivity contribution is 0.432. The molecule has 6 heteroatoms. The van der Waals surface area contributed by atoms with Crippen LogP contribution in [0.4, 0.5) is 5.69 Å². The summed E-state index contributed by atoms with van der Waals surface area (Å²) in [5, 5.41) is 3.99. The molecule has 0 saturated heterocycles. The average Bonchev–Trinajstić information content (AvgIpc) is 2.91. The SMILES string of the molecule is Nc1ccccc1-c1noc(-c2cc(Br)ccc2Br)n1. The molecule has 100 valence electrons. The number of nitrogen functional groups attached to an aromatic ring is 1. The number of nitrogens with zero attached hydrogens (tertiary/aromatic N) is 2. The van der Waals surface area contributed by atoms with Crippen molar-refractivity contribution < 1.29 is 4.52 Å². The van der Waals surface area contributed by atoms with Gasteiger partial charge in [-0.05, 0) is 46.3 Å². The normalized spacial score (nSPS) is 10.7. The standard InChI is InChI=1S/C14H9Br2N3O/c15-8-5-6-11(16)10(7-8)14-18-13(19-20-14)9-3-1-2-4-12(9)17/h1-7H,17H2. The minimum Gasteiger partial charge on any atom is -0.398 e. The van der Waals surface area contributed by atoms with Crippen molar-refractivity contribution in [1.29, 1.82) is 0 Å². The molecule has 0 radical (unpaired) electrons. The highest BCUT2D eigenvalue weighted by atomic mass is 79.9. The molecule has 0 aliphatic rings. The van der Waals surface area contributed by atoms with Gasteiger partial charge in [0.05, 0.1) is 5.56 Å². The van der Waals surface area contributed by atoms with Crippen LogP contribution in [0.15, 0.2) is 55.9 Å². The Balaban J connectivity index is 2.07. The highest BCUT2D eigenvalue weighted by molar-refractivity contribution is 9.11. The first-order valence-corrected chi connectivity index (χ1v) is 7.38. The molecule has 0 atom stereocenters. The Morgan fingerprint density at radius 1 is 1.00 bits per heavy atom. The zero-order valence-electron chi connectivity index (χ0n) is 10.2. The summed E-state index contributed by atoms with van der Waals surface area (Å²) in [7, 11) is 0. The van der Waals surface area contributed by atoms with Crippen molar-refractivity contribution in [2.24, 2.45) is 0 Å². The fourth-order valence-electron chi connectivity index (χ4n) is 1.80. The molecule has 0 fully saturated rings. The average molecular weight is 395 g/mol. The van der Waals surface area contributed by atoms with Crippen LogP contribution in [0, 0.1) is 0 Å². The van der Waals surface area contributed by atoms with Gasteiger partial charge in [0.2, 0.25) is 5.82 Å². The van der Waals surface area contributed by atoms with Crippen LogP contribution >= 0.6 is 31.9 Å². The van der Waals surface area contributed by atoms with Gasteiger partial charge in [0, 0.05) is 20.2 Å². The molecule has 0 aliphatic heterocycles. The van der Waals surface area contributed by atoms with Gasteiger partial charge in [-0.25, -0.2) is 0 Å². The Labute approximate surface area is 132 Å². The summed E-state index contributed by atoms with van der Waals surface area (Å²) in [6.45, 7) is 0. The van der Waals surface area contributed by atoms with Crippen molar-refractivity contribution >= 4 is 37.5 Å². The third kappa shape index (κ3) is 2.48. The number of rotatable bonds is 2. The van der Waals surface area contributed by atoms with E-state index in [1.54, 1.807) is 6.07 Å². The highest BCUT2D eigenvalue weighted by Crippen LogP contribution is 2.32. The van der Waals surface area contributed by atoms with Gasteiger partial charge in [0.25, 0.3) is 5.89 Å². The molecule has 0 amide bonds. The summed E-state index contributed by atoms with van der Waals surface area (Å²) in [6, 6.07) is 13.2. The van der Waals surface area contributed by atoms with Gasteiger partial charge < -0.3 is 10.3 Å². The number of nitrogens with two attached hydrogens (primary N) is 1. The maximum absolute atomic E-state index is 5.92. The topological polar surface area (TPSA) is 64.9 Å². The first-order chi connectivity index (χ1) is 9.65. The van der Waals surface area contributed by atoms with Crippen molar-refractivity contribution in [3.8, 4) is 22.8 Å². The number of benzene rings is 2. The number of anilines is 1. The van der Waals surface area contributed by atoms with Crippen LogP contribution in [0.1, 0.15) is 0 Å². The molecule has 20 heavy (non-hydrogen) atoms. The molecule has 0 saturated carbocycles. The molecule has 0 unspecified atom stereocenters. The minimum atomic E-state index is 0.441. The first-order valence-electron chi connectivity index (χ1n) is 5.79. The monoisotopic (exact) mass is 393 g/mol. The van der Waals surface area contributed by atoms with Crippen molar-refractivity contribution in [3.63, 3.8) is 0 Å². The second-order valence-corrected chi connectivity index (χ2v) is 5.90. The molecule has 4 nitrogen and oxygen atoms in total. The fourth-order valence-corrected chi connectivity index (χ4v) is 2.58. The maximum Gasteiger partial charge on any atom is 0.259 e. The Bertz CT molecular complexity index is 771. The maximum atomic E-state index is 5.92. The van der Waals surface area contributed by atoms with Gasteiger partial charge in [-0.1, -0.05) is 33.2 Å². The van der Waals surface area contributed by atoms with Crippen LogP contribution in [-0.2, 0) is 0 Å². The van der Waals surface area contributed by atoms with Crippen LogP contribution in [-0.4, -0.2) is 10.1 Å². The summed E-state index contributed by atoms with van der Waals surface area (Å²) in [5.41, 5.74) is 8.12. The van der Waals surface area contributed by atoms with Gasteiger partial charge >= 0.3 is 0 Å². The Kier molecular flexibility index (Phi) is 3.58. The van der Waals surface area contributed by atoms with Crippen molar-refractivity contribution in [2.45, 2.75) is 0 Å². The fraction of sp³-hybridized carbons (Fsp3) is 0. The van der Waals surface area contributed by atoms with Gasteiger partial charge in [0.1, 0.15) is 0 Å². The number of aromatic nitrogens is 2. The predicted molar refractivity (Wildman–Crippen MR) is 85.0 cm³/mol. The van der Waals surface area contributed by atoms with E-state index in [0.717, 1.165) is 20.1 Å². The molecule has 0 spiro atoms. The number of para-hydroxylation sites is 1. The smallest absolute Gasteiger partial charge is 0.259 e. The lowest BCUT2D eigenvalue weighted by Gasteiger charge is -1.99. The van der Waals surface area contributed by atoms with E-state index in [9.17, 15) is 0 Å². The number of halogens is 2. The van der Waals surface area contributed by atoms with Crippen molar-refractivity contribution in [1.82, 2.24) is 10.1 Å². The van der Waals surface area contributed by atoms with Gasteiger partial charge in [0.15, 0.2) is 0 Å². The summed E-state index contributed by atoms with van der Waals surface area (Å²) >= 11 is 6.90. The molecule has 2 aromatic carbocycles. The van der Waals surface area contributed by atoms with Crippen LogP contribution in [0.3, 0.4) is 0 Å². The Morgan fingerprint density at radius 2 is 1.80 bits per heavy atom. The molecule has 0 bridgehead atoms. The van der Waals surface area contributed by atoms with E-state index < -0.39 is 0 Å². The van der Waals surface area contributed by atoms with Crippen LogP contribution in [0.5, 0.6) is 0 Å². The van der Waals surface area contributed by atoms with E-state index >= 15 is 0 Å². The summed E-state index contributed by atoms with van der Waals surface area (Å²) in [4.78, 5) is 4.40. The van der Waals surface area contributed by atoms with Crippen LogP contribution < -0.4 is 5.73 Å². The van der Waals surface area contributed by atoms with E-state index in [2.05, 4.69) is 42.0 Å². The second kappa shape index (κ2) is 5.38. The van der Waals surface area contributed by atoms with E-state index in [-0.39, 0.29) is 0 Å². The quantitative estimate of drug-likeness (QED) is 0.649. The van der Waals surface area contributed by atoms with E-state index in [1.165, 1.54) is 0 Å². The molecule has 3 aromatic rings. The molecule has 0 aliphatic carbocycles. The van der Waals surface area contributed by atoms with E-state index in [1.807, 2.05) is 36.4 Å². The molecule has 2 N–H and O–H groups in total. The summed E-state index contributed by atoms with van der Waals surface area (Å²) < 4.78 is 7.15. The third-order valence-electron chi connectivity index (χ3n) is 2.79. The Hall–Kier alpha value is -1.66. The molecule has 3 rings (SSSR count). The van der Waals surface area contributed by atoms with E-state index in [4.69, 9.17) is 10.3 Å². The van der Waals surface area contributed by atoms with Gasteiger partial charge in [-0.15, -0.1) is 0 Å². The zero-order chi connectivity index (χ0) is 14.1. The predicted octanol–water partition coefficient (Wildman–Crippen LogP) is 4.51. The van der Waals surface area contributed by atoms with Crippen molar-refractivity contribution in [3.05, 3.63) is 51.4 Å². The van der Waals surface area contributed by atoms with E-state index in [0.29, 0.717) is 17.4 Å². The number of hydrogen-bond donors (Lipinski definition) is 1. The van der Waals surface area contributed by atoms with Gasteiger partial charge in [-0.2, -0.15) is 4.98 Å². The Morgan fingerprint density at radius 3 is 2.60 bits per heavy atom. The van der Waals surface area contributed by atoms with Crippen molar-refractivity contribution in [2.75, 3.05) is 5.73 Å². The molecular weight excluding hydrogens is 386 g/mol.